The number of rotatable bonds is 2. The van der Waals surface area contributed by atoms with Gasteiger partial charge in [0.05, 0.1) is 11.1 Å². The molecule has 2 heteroatoms. The van der Waals surface area contributed by atoms with Crippen molar-refractivity contribution in [2.24, 2.45) is 0 Å². The lowest BCUT2D eigenvalue weighted by atomic mass is 9.75. The minimum atomic E-state index is -0.200. The first kappa shape index (κ1) is 19.3. The molecule has 2 aromatic heterocycles. The van der Waals surface area contributed by atoms with Crippen LogP contribution in [0.2, 0.25) is 0 Å². The summed E-state index contributed by atoms with van der Waals surface area (Å²) in [7, 11) is 0. The van der Waals surface area contributed by atoms with Crippen molar-refractivity contribution < 1.29 is 4.42 Å². The van der Waals surface area contributed by atoms with E-state index in [9.17, 15) is 0 Å². The molecule has 2 nitrogen and oxygen atoms in total. The van der Waals surface area contributed by atoms with Crippen LogP contribution in [0.25, 0.3) is 55.4 Å². The van der Waals surface area contributed by atoms with Crippen LogP contribution in [-0.2, 0) is 5.41 Å². The van der Waals surface area contributed by atoms with E-state index in [1.54, 1.807) is 0 Å². The molecule has 0 fully saturated rings. The van der Waals surface area contributed by atoms with Gasteiger partial charge < -0.3 is 4.42 Å². The molecule has 0 bridgehead atoms. The maximum Gasteiger partial charge on any atom is 0.147 e. The van der Waals surface area contributed by atoms with Gasteiger partial charge in [0.2, 0.25) is 0 Å². The molecular weight excluding hydrogens is 414 g/mol. The summed E-state index contributed by atoms with van der Waals surface area (Å²) >= 11 is 0. The van der Waals surface area contributed by atoms with Crippen LogP contribution < -0.4 is 0 Å². The Hall–Kier alpha value is -4.17. The Labute approximate surface area is 198 Å². The summed E-state index contributed by atoms with van der Waals surface area (Å²) in [4.78, 5) is 5.08. The van der Waals surface area contributed by atoms with Crippen LogP contribution >= 0.6 is 0 Å². The first-order chi connectivity index (χ1) is 16.6. The fourth-order valence-electron chi connectivity index (χ4n) is 5.64. The van der Waals surface area contributed by atoms with E-state index in [4.69, 9.17) is 9.40 Å². The molecule has 1 aliphatic rings. The molecule has 0 radical (unpaired) electrons. The number of furan rings is 1. The van der Waals surface area contributed by atoms with Gasteiger partial charge in [0.25, 0.3) is 0 Å². The predicted molar refractivity (Wildman–Crippen MR) is 140 cm³/mol. The summed E-state index contributed by atoms with van der Waals surface area (Å²) in [6.07, 6.45) is 1.98. The smallest absolute Gasteiger partial charge is 0.147 e. The maximum absolute atomic E-state index is 6.85. The molecule has 1 aliphatic carbocycles. The molecule has 0 aliphatic heterocycles. The van der Waals surface area contributed by atoms with Crippen LogP contribution in [0.5, 0.6) is 0 Å². The Morgan fingerprint density at radius 2 is 1.18 bits per heavy atom. The van der Waals surface area contributed by atoms with Crippen molar-refractivity contribution in [3.05, 3.63) is 114 Å². The van der Waals surface area contributed by atoms with Crippen LogP contribution in [0.1, 0.15) is 25.0 Å². The molecular formula is C32H23NO. The van der Waals surface area contributed by atoms with Crippen LogP contribution in [0, 0.1) is 0 Å². The third-order valence-electron chi connectivity index (χ3n) is 7.34. The second-order valence-electron chi connectivity index (χ2n) is 9.59. The van der Waals surface area contributed by atoms with Gasteiger partial charge in [-0.2, -0.15) is 0 Å². The molecule has 162 valence electrons. The molecule has 4 aromatic carbocycles. The van der Waals surface area contributed by atoms with Crippen molar-refractivity contribution in [3.8, 4) is 33.5 Å². The molecule has 7 rings (SSSR count). The maximum atomic E-state index is 6.85. The van der Waals surface area contributed by atoms with E-state index in [0.717, 1.165) is 44.5 Å². The van der Waals surface area contributed by atoms with Crippen molar-refractivity contribution in [2.75, 3.05) is 0 Å². The van der Waals surface area contributed by atoms with Gasteiger partial charge in [-0.15, -0.1) is 0 Å². The molecule has 6 aromatic rings. The Morgan fingerprint density at radius 3 is 1.91 bits per heavy atom. The van der Waals surface area contributed by atoms with Crippen LogP contribution in [0.3, 0.4) is 0 Å². The van der Waals surface area contributed by atoms with Crippen molar-refractivity contribution in [3.63, 3.8) is 0 Å². The number of hydrogen-bond donors (Lipinski definition) is 0. The number of pyridine rings is 1. The quantitative estimate of drug-likeness (QED) is 0.271. The highest BCUT2D eigenvalue weighted by atomic mass is 16.3. The van der Waals surface area contributed by atoms with E-state index in [2.05, 4.69) is 105 Å². The summed E-state index contributed by atoms with van der Waals surface area (Å²) < 4.78 is 6.85. The third kappa shape index (κ3) is 2.54. The fraction of sp³-hybridized carbons (Fsp3) is 0.0938. The van der Waals surface area contributed by atoms with Gasteiger partial charge >= 0.3 is 0 Å². The first-order valence-corrected chi connectivity index (χ1v) is 11.7. The lowest BCUT2D eigenvalue weighted by Crippen LogP contribution is -2.19. The van der Waals surface area contributed by atoms with Crippen molar-refractivity contribution >= 4 is 21.9 Å². The topological polar surface area (TPSA) is 26.0 Å². The van der Waals surface area contributed by atoms with Crippen LogP contribution in [-0.4, -0.2) is 4.98 Å². The van der Waals surface area contributed by atoms with Gasteiger partial charge in [0, 0.05) is 33.7 Å². The standard InChI is InChI=1S/C32H23NO/c1-32(2)25-16-10-9-15-23(25)29-28-27-26(32)18-17-22(20-11-5-3-6-12-20)30(27)34-31(28)24(19-33-29)21-13-7-4-8-14-21/h3-19H,1-2H3. The number of hydrogen-bond acceptors (Lipinski definition) is 2. The van der Waals surface area contributed by atoms with Gasteiger partial charge in [-0.25, -0.2) is 0 Å². The van der Waals surface area contributed by atoms with E-state index in [0.29, 0.717) is 0 Å². The van der Waals surface area contributed by atoms with E-state index < -0.39 is 0 Å². The lowest BCUT2D eigenvalue weighted by molar-refractivity contribution is 0.644. The molecule has 2 heterocycles. The van der Waals surface area contributed by atoms with Gasteiger partial charge in [0.1, 0.15) is 11.2 Å². The molecule has 0 atom stereocenters. The highest BCUT2D eigenvalue weighted by Gasteiger charge is 2.35. The van der Waals surface area contributed by atoms with Crippen LogP contribution in [0.15, 0.2) is 108 Å². The highest BCUT2D eigenvalue weighted by molar-refractivity contribution is 6.20. The summed E-state index contributed by atoms with van der Waals surface area (Å²) in [6, 6.07) is 34.1. The third-order valence-corrected chi connectivity index (χ3v) is 7.34. The van der Waals surface area contributed by atoms with Gasteiger partial charge in [0.15, 0.2) is 0 Å². The summed E-state index contributed by atoms with van der Waals surface area (Å²) in [5.41, 5.74) is 10.8. The molecule has 0 spiro atoms. The monoisotopic (exact) mass is 437 g/mol. The Kier molecular flexibility index (Phi) is 3.93. The first-order valence-electron chi connectivity index (χ1n) is 11.7. The molecule has 0 saturated carbocycles. The average Bonchev–Trinajstić information content (AvgIpc) is 3.26. The Bertz CT molecular complexity index is 1710. The second kappa shape index (κ2) is 6.91. The zero-order valence-electron chi connectivity index (χ0n) is 19.2. The molecule has 34 heavy (non-hydrogen) atoms. The van der Waals surface area contributed by atoms with E-state index in [1.165, 1.54) is 22.1 Å². The summed E-state index contributed by atoms with van der Waals surface area (Å²) in [5.74, 6) is 0. The van der Waals surface area contributed by atoms with E-state index >= 15 is 0 Å². The van der Waals surface area contributed by atoms with Crippen molar-refractivity contribution in [2.45, 2.75) is 19.3 Å². The minimum absolute atomic E-state index is 0.200. The largest absolute Gasteiger partial charge is 0.455 e. The Morgan fingerprint density at radius 1 is 0.559 bits per heavy atom. The summed E-state index contributed by atoms with van der Waals surface area (Å²) in [5, 5.41) is 2.29. The second-order valence-corrected chi connectivity index (χ2v) is 9.59. The molecule has 0 unspecified atom stereocenters. The number of benzene rings is 4. The SMILES string of the molecule is CC1(C)c2ccccc2-c2ncc(-c3ccccc3)c3oc4c(-c5ccccc5)ccc1c4c23. The van der Waals surface area contributed by atoms with Crippen molar-refractivity contribution in [1.29, 1.82) is 0 Å². The number of fused-ring (bicyclic) bond motifs is 2. The Balaban J connectivity index is 1.72. The average molecular weight is 438 g/mol. The normalized spacial score (nSPS) is 13.8. The lowest BCUT2D eigenvalue weighted by Gasteiger charge is -2.28. The van der Waals surface area contributed by atoms with Gasteiger partial charge in [-0.05, 0) is 22.3 Å². The van der Waals surface area contributed by atoms with Crippen LogP contribution in [0.4, 0.5) is 0 Å². The zero-order chi connectivity index (χ0) is 22.9. The fourth-order valence-corrected chi connectivity index (χ4v) is 5.64. The molecule has 0 saturated heterocycles. The molecule has 0 N–H and O–H groups in total. The predicted octanol–water partition coefficient (Wildman–Crippen LogP) is 8.62. The van der Waals surface area contributed by atoms with E-state index in [-0.39, 0.29) is 5.41 Å². The number of aromatic nitrogens is 1. The molecule has 0 amide bonds. The summed E-state index contributed by atoms with van der Waals surface area (Å²) in [6.45, 7) is 4.62. The number of nitrogens with zero attached hydrogens (tertiary/aromatic N) is 1. The minimum Gasteiger partial charge on any atom is -0.455 e. The van der Waals surface area contributed by atoms with Crippen molar-refractivity contribution in [1.82, 2.24) is 4.98 Å². The highest BCUT2D eigenvalue weighted by Crippen LogP contribution is 2.52. The van der Waals surface area contributed by atoms with E-state index in [1.807, 2.05) is 12.3 Å². The van der Waals surface area contributed by atoms with Gasteiger partial charge in [-0.3, -0.25) is 4.98 Å². The van der Waals surface area contributed by atoms with Gasteiger partial charge in [-0.1, -0.05) is 111 Å². The zero-order valence-corrected chi connectivity index (χ0v) is 19.2.